The van der Waals surface area contributed by atoms with Crippen LogP contribution in [0, 0.1) is 0 Å². The van der Waals surface area contributed by atoms with Gasteiger partial charge in [0.05, 0.1) is 13.1 Å². The first-order chi connectivity index (χ1) is 11.0. The molecule has 24 heavy (non-hydrogen) atoms. The van der Waals surface area contributed by atoms with Crippen LogP contribution in [0.5, 0.6) is 0 Å². The number of rotatable bonds is 10. The SMILES string of the molecule is C=CC(c1ccccc1)[N+](CC)(CC)CCOOC(=O)C(=C)C.[Cl-]. The zero-order chi connectivity index (χ0) is 17.3. The van der Waals surface area contributed by atoms with E-state index in [1.165, 1.54) is 5.56 Å². The Balaban J connectivity index is 0.00000529. The third kappa shape index (κ3) is 5.78. The van der Waals surface area contributed by atoms with E-state index < -0.39 is 5.97 Å². The second kappa shape index (κ2) is 11.0. The van der Waals surface area contributed by atoms with Gasteiger partial charge in [-0.25, -0.2) is 4.79 Å². The summed E-state index contributed by atoms with van der Waals surface area (Å²) < 4.78 is 0.790. The zero-order valence-electron chi connectivity index (χ0n) is 14.8. The largest absolute Gasteiger partial charge is 1.00 e. The van der Waals surface area contributed by atoms with E-state index in [4.69, 9.17) is 9.78 Å². The molecule has 4 nitrogen and oxygen atoms in total. The molecule has 0 aliphatic heterocycles. The van der Waals surface area contributed by atoms with Crippen LogP contribution in [0.15, 0.2) is 55.1 Å². The molecular weight excluding hydrogens is 326 g/mol. The van der Waals surface area contributed by atoms with E-state index in [1.54, 1.807) is 6.92 Å². The Morgan fingerprint density at radius 1 is 1.25 bits per heavy atom. The predicted octanol–water partition coefficient (Wildman–Crippen LogP) is 0.825. The molecule has 0 amide bonds. The zero-order valence-corrected chi connectivity index (χ0v) is 15.6. The normalized spacial score (nSPS) is 12.0. The van der Waals surface area contributed by atoms with Gasteiger partial charge in [-0.05, 0) is 26.8 Å². The van der Waals surface area contributed by atoms with Crippen LogP contribution in [0.1, 0.15) is 32.4 Å². The summed E-state index contributed by atoms with van der Waals surface area (Å²) in [6.45, 7) is 16.4. The maximum atomic E-state index is 11.3. The third-order valence-corrected chi connectivity index (χ3v) is 4.32. The molecule has 1 unspecified atom stereocenters. The van der Waals surface area contributed by atoms with Crippen LogP contribution in [0.2, 0.25) is 0 Å². The molecule has 1 aromatic rings. The fourth-order valence-corrected chi connectivity index (χ4v) is 2.78. The first kappa shape index (κ1) is 22.4. The molecule has 0 aromatic heterocycles. The Bertz CT molecular complexity index is 527. The summed E-state index contributed by atoms with van der Waals surface area (Å²) in [5.41, 5.74) is 1.55. The van der Waals surface area contributed by atoms with E-state index in [9.17, 15) is 4.79 Å². The molecule has 134 valence electrons. The lowest BCUT2D eigenvalue weighted by Gasteiger charge is -2.42. The van der Waals surface area contributed by atoms with Crippen LogP contribution in [0.3, 0.4) is 0 Å². The predicted molar refractivity (Wildman–Crippen MR) is 92.4 cm³/mol. The Morgan fingerprint density at radius 3 is 2.29 bits per heavy atom. The molecule has 0 bridgehead atoms. The Hall–Kier alpha value is -1.62. The van der Waals surface area contributed by atoms with E-state index in [1.807, 2.05) is 24.3 Å². The minimum atomic E-state index is -0.528. The van der Waals surface area contributed by atoms with Crippen LogP contribution in [0.25, 0.3) is 0 Å². The third-order valence-electron chi connectivity index (χ3n) is 4.32. The average Bonchev–Trinajstić information content (AvgIpc) is 2.58. The Kier molecular flexibility index (Phi) is 10.3. The van der Waals surface area contributed by atoms with Crippen LogP contribution >= 0.6 is 0 Å². The number of carbonyl (C=O) groups excluding carboxylic acids is 1. The lowest BCUT2D eigenvalue weighted by Crippen LogP contribution is -3.00. The number of benzene rings is 1. The van der Waals surface area contributed by atoms with Crippen LogP contribution in [-0.2, 0) is 14.6 Å². The van der Waals surface area contributed by atoms with Gasteiger partial charge in [-0.2, -0.15) is 4.89 Å². The van der Waals surface area contributed by atoms with E-state index in [-0.39, 0.29) is 18.4 Å². The molecule has 0 radical (unpaired) electrons. The molecule has 5 heteroatoms. The van der Waals surface area contributed by atoms with Crippen molar-refractivity contribution in [3.63, 3.8) is 0 Å². The van der Waals surface area contributed by atoms with Crippen molar-refractivity contribution in [3.8, 4) is 0 Å². The van der Waals surface area contributed by atoms with E-state index in [0.717, 1.165) is 24.1 Å². The summed E-state index contributed by atoms with van der Waals surface area (Å²) in [4.78, 5) is 21.2. The number of hydrogen-bond donors (Lipinski definition) is 0. The number of halogens is 1. The van der Waals surface area contributed by atoms with Gasteiger partial charge in [0.2, 0.25) is 0 Å². The van der Waals surface area contributed by atoms with Gasteiger partial charge < -0.3 is 16.9 Å². The molecule has 0 heterocycles. The lowest BCUT2D eigenvalue weighted by molar-refractivity contribution is -0.948. The first-order valence-electron chi connectivity index (χ1n) is 8.03. The number of hydrogen-bond acceptors (Lipinski definition) is 3. The smallest absolute Gasteiger partial charge is 0.368 e. The van der Waals surface area contributed by atoms with Crippen molar-refractivity contribution in [3.05, 3.63) is 60.7 Å². The molecule has 0 aliphatic rings. The van der Waals surface area contributed by atoms with Crippen LogP contribution < -0.4 is 12.4 Å². The number of quaternary nitrogens is 1. The fraction of sp³-hybridized carbons (Fsp3) is 0.421. The van der Waals surface area contributed by atoms with Gasteiger partial charge in [0.15, 0.2) is 0 Å². The summed E-state index contributed by atoms with van der Waals surface area (Å²) in [5.74, 6) is -0.528. The Labute approximate surface area is 151 Å². The number of nitrogens with zero attached hydrogens (tertiary/aromatic N) is 1. The van der Waals surface area contributed by atoms with Gasteiger partial charge in [0.1, 0.15) is 19.2 Å². The fourth-order valence-electron chi connectivity index (χ4n) is 2.78. The lowest BCUT2D eigenvalue weighted by atomic mass is 10.0. The average molecular weight is 354 g/mol. The van der Waals surface area contributed by atoms with Gasteiger partial charge in [0, 0.05) is 11.1 Å². The number of carbonyl (C=O) groups is 1. The van der Waals surface area contributed by atoms with E-state index >= 15 is 0 Å². The molecule has 0 fully saturated rings. The minimum absolute atomic E-state index is 0. The highest BCUT2D eigenvalue weighted by Crippen LogP contribution is 2.29. The molecule has 1 rings (SSSR count). The van der Waals surface area contributed by atoms with Crippen LogP contribution in [0.4, 0.5) is 0 Å². The monoisotopic (exact) mass is 353 g/mol. The summed E-state index contributed by atoms with van der Waals surface area (Å²) in [5, 5.41) is 0. The standard InChI is InChI=1S/C19H28NO3.ClH/c1-6-18(17-12-10-9-11-13-17)20(7-2,8-3)14-15-22-23-19(21)16(4)5;/h6,9-13,18H,1,4,7-8,14-15H2,2-3,5H3;1H/q+1;/p-1. The second-order valence-corrected chi connectivity index (χ2v) is 5.64. The molecule has 0 saturated heterocycles. The highest BCUT2D eigenvalue weighted by molar-refractivity contribution is 5.86. The van der Waals surface area contributed by atoms with Gasteiger partial charge in [-0.15, -0.1) is 0 Å². The molecule has 1 aromatic carbocycles. The summed E-state index contributed by atoms with van der Waals surface area (Å²) in [6.07, 6.45) is 1.99. The van der Waals surface area contributed by atoms with Crippen molar-refractivity contribution in [2.24, 2.45) is 0 Å². The summed E-state index contributed by atoms with van der Waals surface area (Å²) in [6, 6.07) is 10.5. The molecule has 1 atom stereocenters. The van der Waals surface area contributed by atoms with Crippen LogP contribution in [-0.4, -0.2) is 36.7 Å². The molecule has 0 spiro atoms. The number of likely N-dealkylation sites (N-methyl/N-ethyl adjacent to an activating group) is 1. The topological polar surface area (TPSA) is 35.5 Å². The second-order valence-electron chi connectivity index (χ2n) is 5.64. The van der Waals surface area contributed by atoms with Crippen molar-refractivity contribution >= 4 is 5.97 Å². The summed E-state index contributed by atoms with van der Waals surface area (Å²) in [7, 11) is 0. The maximum absolute atomic E-state index is 11.3. The van der Waals surface area contributed by atoms with Gasteiger partial charge in [-0.3, -0.25) is 4.89 Å². The van der Waals surface area contributed by atoms with Gasteiger partial charge in [0.25, 0.3) is 0 Å². The van der Waals surface area contributed by atoms with Crippen molar-refractivity contribution in [1.82, 2.24) is 0 Å². The highest BCUT2D eigenvalue weighted by Gasteiger charge is 2.33. The first-order valence-corrected chi connectivity index (χ1v) is 8.03. The van der Waals surface area contributed by atoms with Gasteiger partial charge in [-0.1, -0.05) is 43.5 Å². The van der Waals surface area contributed by atoms with E-state index in [0.29, 0.717) is 12.2 Å². The van der Waals surface area contributed by atoms with Crippen molar-refractivity contribution in [1.29, 1.82) is 0 Å². The molecular formula is C19H28ClNO3. The summed E-state index contributed by atoms with van der Waals surface area (Å²) >= 11 is 0. The minimum Gasteiger partial charge on any atom is -1.00 e. The molecule has 0 N–H and O–H groups in total. The molecule has 0 saturated carbocycles. The Morgan fingerprint density at radius 2 is 1.83 bits per heavy atom. The van der Waals surface area contributed by atoms with E-state index in [2.05, 4.69) is 39.1 Å². The molecule has 0 aliphatic carbocycles. The highest BCUT2D eigenvalue weighted by atomic mass is 35.5. The van der Waals surface area contributed by atoms with Crippen molar-refractivity contribution < 1.29 is 31.5 Å². The quantitative estimate of drug-likeness (QED) is 0.156. The van der Waals surface area contributed by atoms with Crippen molar-refractivity contribution in [2.45, 2.75) is 26.8 Å². The van der Waals surface area contributed by atoms with Crippen molar-refractivity contribution in [2.75, 3.05) is 26.2 Å². The van der Waals surface area contributed by atoms with Gasteiger partial charge >= 0.3 is 5.97 Å². The maximum Gasteiger partial charge on any atom is 0.368 e.